The van der Waals surface area contributed by atoms with Crippen LogP contribution >= 0.6 is 0 Å². The molecule has 2 rings (SSSR count). The highest BCUT2D eigenvalue weighted by atomic mass is 15.2. The Morgan fingerprint density at radius 2 is 2.17 bits per heavy atom. The Morgan fingerprint density at radius 1 is 1.39 bits per heavy atom. The van der Waals surface area contributed by atoms with Gasteiger partial charge in [0.25, 0.3) is 0 Å². The zero-order valence-electron chi connectivity index (χ0n) is 11.5. The Morgan fingerprint density at radius 3 is 2.72 bits per heavy atom. The fourth-order valence-electron chi connectivity index (χ4n) is 1.97. The lowest BCUT2D eigenvalue weighted by Crippen LogP contribution is -2.23. The molecule has 2 aromatic rings. The summed E-state index contributed by atoms with van der Waals surface area (Å²) >= 11 is 0. The number of pyridine rings is 1. The molecular formula is C14H20N4. The van der Waals surface area contributed by atoms with Gasteiger partial charge in [-0.05, 0) is 32.5 Å². The number of aromatic nitrogens is 3. The smallest absolute Gasteiger partial charge is 0.105 e. The van der Waals surface area contributed by atoms with Crippen molar-refractivity contribution in [2.24, 2.45) is 7.05 Å². The van der Waals surface area contributed by atoms with E-state index in [0.29, 0.717) is 6.04 Å². The summed E-state index contributed by atoms with van der Waals surface area (Å²) in [6.07, 6.45) is 5.68. The average Bonchev–Trinajstić information content (AvgIpc) is 2.71. The summed E-state index contributed by atoms with van der Waals surface area (Å²) in [7, 11) is 4.18. The molecule has 0 saturated carbocycles. The molecule has 1 atom stereocenters. The fraction of sp³-hybridized carbons (Fsp3) is 0.429. The molecule has 4 nitrogen and oxygen atoms in total. The first-order chi connectivity index (χ1) is 8.59. The van der Waals surface area contributed by atoms with E-state index >= 15 is 0 Å². The molecule has 0 saturated heterocycles. The van der Waals surface area contributed by atoms with E-state index in [-0.39, 0.29) is 0 Å². The summed E-state index contributed by atoms with van der Waals surface area (Å²) in [6, 6.07) is 4.44. The van der Waals surface area contributed by atoms with Crippen LogP contribution in [0.2, 0.25) is 0 Å². The molecule has 2 aromatic heterocycles. The van der Waals surface area contributed by atoms with Crippen LogP contribution in [-0.4, -0.2) is 26.5 Å². The molecule has 1 unspecified atom stereocenters. The SMILES string of the molecule is Cc1ncc(CN(C)C(C)c2cccnc2)n1C. The van der Waals surface area contributed by atoms with Gasteiger partial charge in [-0.2, -0.15) is 0 Å². The maximum absolute atomic E-state index is 4.33. The largest absolute Gasteiger partial charge is 0.334 e. The summed E-state index contributed by atoms with van der Waals surface area (Å²) in [6.45, 7) is 5.10. The third kappa shape index (κ3) is 2.59. The number of rotatable bonds is 4. The van der Waals surface area contributed by atoms with E-state index in [1.165, 1.54) is 11.3 Å². The molecule has 0 spiro atoms. The van der Waals surface area contributed by atoms with Crippen molar-refractivity contribution in [3.63, 3.8) is 0 Å². The molecule has 2 heterocycles. The van der Waals surface area contributed by atoms with E-state index in [1.807, 2.05) is 25.4 Å². The van der Waals surface area contributed by atoms with E-state index in [9.17, 15) is 0 Å². The molecule has 0 N–H and O–H groups in total. The minimum Gasteiger partial charge on any atom is -0.334 e. The van der Waals surface area contributed by atoms with Crippen molar-refractivity contribution in [1.29, 1.82) is 0 Å². The number of hydrogen-bond donors (Lipinski definition) is 0. The highest BCUT2D eigenvalue weighted by Crippen LogP contribution is 2.19. The van der Waals surface area contributed by atoms with Gasteiger partial charge in [0.05, 0.1) is 5.69 Å². The van der Waals surface area contributed by atoms with Crippen molar-refractivity contribution >= 4 is 0 Å². The van der Waals surface area contributed by atoms with Gasteiger partial charge in [0.1, 0.15) is 5.82 Å². The van der Waals surface area contributed by atoms with Crippen molar-refractivity contribution in [1.82, 2.24) is 19.4 Å². The first kappa shape index (κ1) is 12.8. The van der Waals surface area contributed by atoms with Crippen LogP contribution in [0, 0.1) is 6.92 Å². The predicted octanol–water partition coefficient (Wildman–Crippen LogP) is 2.32. The minimum absolute atomic E-state index is 0.342. The quantitative estimate of drug-likeness (QED) is 0.827. The van der Waals surface area contributed by atoms with Gasteiger partial charge in [0.2, 0.25) is 0 Å². The summed E-state index contributed by atoms with van der Waals surface area (Å²) in [4.78, 5) is 10.8. The van der Waals surface area contributed by atoms with Gasteiger partial charge in [-0.1, -0.05) is 6.07 Å². The molecular weight excluding hydrogens is 224 g/mol. The van der Waals surface area contributed by atoms with Gasteiger partial charge in [-0.15, -0.1) is 0 Å². The standard InChI is InChI=1S/C14H20N4/c1-11(13-6-5-7-15-8-13)17(3)10-14-9-16-12(2)18(14)4/h5-9,11H,10H2,1-4H3. The lowest BCUT2D eigenvalue weighted by molar-refractivity contribution is 0.247. The van der Waals surface area contributed by atoms with Crippen molar-refractivity contribution in [2.45, 2.75) is 26.4 Å². The molecule has 0 aromatic carbocycles. The zero-order chi connectivity index (χ0) is 13.1. The second-order valence-electron chi connectivity index (χ2n) is 4.73. The Bertz CT molecular complexity index is 504. The van der Waals surface area contributed by atoms with Gasteiger partial charge in [0, 0.05) is 38.2 Å². The van der Waals surface area contributed by atoms with Crippen molar-refractivity contribution in [2.75, 3.05) is 7.05 Å². The Labute approximate surface area is 108 Å². The van der Waals surface area contributed by atoms with E-state index in [1.54, 1.807) is 6.20 Å². The Kier molecular flexibility index (Phi) is 3.77. The van der Waals surface area contributed by atoms with Crippen molar-refractivity contribution < 1.29 is 0 Å². The van der Waals surface area contributed by atoms with E-state index < -0.39 is 0 Å². The molecule has 0 aliphatic rings. The Hall–Kier alpha value is -1.68. The molecule has 18 heavy (non-hydrogen) atoms. The number of aryl methyl sites for hydroxylation is 1. The topological polar surface area (TPSA) is 34.0 Å². The lowest BCUT2D eigenvalue weighted by Gasteiger charge is -2.24. The number of hydrogen-bond acceptors (Lipinski definition) is 3. The van der Waals surface area contributed by atoms with Gasteiger partial charge in [0.15, 0.2) is 0 Å². The average molecular weight is 244 g/mol. The van der Waals surface area contributed by atoms with Crippen LogP contribution in [0.4, 0.5) is 0 Å². The normalized spacial score (nSPS) is 12.9. The number of imidazole rings is 1. The summed E-state index contributed by atoms with van der Waals surface area (Å²) in [5, 5.41) is 0. The van der Waals surface area contributed by atoms with Gasteiger partial charge in [-0.25, -0.2) is 4.98 Å². The lowest BCUT2D eigenvalue weighted by atomic mass is 10.1. The van der Waals surface area contributed by atoms with Crippen LogP contribution in [0.25, 0.3) is 0 Å². The second-order valence-corrected chi connectivity index (χ2v) is 4.73. The molecule has 0 aliphatic carbocycles. The first-order valence-electron chi connectivity index (χ1n) is 6.17. The van der Waals surface area contributed by atoms with E-state index in [4.69, 9.17) is 0 Å². The maximum atomic E-state index is 4.33. The third-order valence-electron chi connectivity index (χ3n) is 3.56. The number of nitrogens with zero attached hydrogens (tertiary/aromatic N) is 4. The van der Waals surface area contributed by atoms with Crippen molar-refractivity contribution in [3.8, 4) is 0 Å². The molecule has 0 radical (unpaired) electrons. The molecule has 0 aliphatic heterocycles. The van der Waals surface area contributed by atoms with Crippen LogP contribution in [0.15, 0.2) is 30.7 Å². The van der Waals surface area contributed by atoms with Crippen LogP contribution in [0.3, 0.4) is 0 Å². The van der Waals surface area contributed by atoms with Gasteiger partial charge in [-0.3, -0.25) is 9.88 Å². The second kappa shape index (κ2) is 5.31. The van der Waals surface area contributed by atoms with Crippen LogP contribution < -0.4 is 0 Å². The van der Waals surface area contributed by atoms with Gasteiger partial charge < -0.3 is 4.57 Å². The van der Waals surface area contributed by atoms with E-state index in [0.717, 1.165) is 12.4 Å². The molecule has 4 heteroatoms. The highest BCUT2D eigenvalue weighted by Gasteiger charge is 2.13. The fourth-order valence-corrected chi connectivity index (χ4v) is 1.97. The highest BCUT2D eigenvalue weighted by molar-refractivity contribution is 5.13. The minimum atomic E-state index is 0.342. The molecule has 0 fully saturated rings. The van der Waals surface area contributed by atoms with Crippen LogP contribution in [-0.2, 0) is 13.6 Å². The third-order valence-corrected chi connectivity index (χ3v) is 3.56. The van der Waals surface area contributed by atoms with Crippen LogP contribution in [0.5, 0.6) is 0 Å². The summed E-state index contributed by atoms with van der Waals surface area (Å²) in [5.41, 5.74) is 2.46. The first-order valence-corrected chi connectivity index (χ1v) is 6.17. The predicted molar refractivity (Wildman–Crippen MR) is 72.1 cm³/mol. The molecule has 0 bridgehead atoms. The zero-order valence-corrected chi connectivity index (χ0v) is 11.5. The van der Waals surface area contributed by atoms with Gasteiger partial charge >= 0.3 is 0 Å². The summed E-state index contributed by atoms with van der Waals surface area (Å²) in [5.74, 6) is 1.05. The molecule has 0 amide bonds. The molecule has 96 valence electrons. The van der Waals surface area contributed by atoms with Crippen molar-refractivity contribution in [3.05, 3.63) is 47.8 Å². The maximum Gasteiger partial charge on any atom is 0.105 e. The van der Waals surface area contributed by atoms with E-state index in [2.05, 4.69) is 46.5 Å². The Balaban J connectivity index is 2.08. The summed E-state index contributed by atoms with van der Waals surface area (Å²) < 4.78 is 2.13. The van der Waals surface area contributed by atoms with Crippen LogP contribution in [0.1, 0.15) is 30.0 Å². The monoisotopic (exact) mass is 244 g/mol.